The number of rotatable bonds is 4. The highest BCUT2D eigenvalue weighted by Gasteiger charge is 2.71. The molecule has 2 fully saturated rings. The number of carbonyl (C=O) groups excluding carboxylic acids is 3. The molecule has 0 unspecified atom stereocenters. The first-order chi connectivity index (χ1) is 11.6. The third-order valence-corrected chi connectivity index (χ3v) is 4.68. The SMILES string of the molecule is CCOC(=O)[C@@]12CNC[C@]1(C(=O)OCC)CN(C(=O)OC(C)(C)C)C2. The van der Waals surface area contributed by atoms with Gasteiger partial charge in [-0.05, 0) is 34.6 Å². The Morgan fingerprint density at radius 1 is 0.960 bits per heavy atom. The van der Waals surface area contributed by atoms with Gasteiger partial charge in [0.1, 0.15) is 16.4 Å². The van der Waals surface area contributed by atoms with E-state index in [1.807, 2.05) is 0 Å². The number of amides is 1. The van der Waals surface area contributed by atoms with E-state index in [2.05, 4.69) is 5.32 Å². The van der Waals surface area contributed by atoms with Gasteiger partial charge in [-0.25, -0.2) is 4.79 Å². The van der Waals surface area contributed by atoms with E-state index in [9.17, 15) is 14.4 Å². The molecule has 2 aliphatic rings. The minimum atomic E-state index is -1.16. The first-order valence-electron chi connectivity index (χ1n) is 8.65. The maximum Gasteiger partial charge on any atom is 0.410 e. The molecule has 2 atom stereocenters. The highest BCUT2D eigenvalue weighted by Crippen LogP contribution is 2.51. The number of hydrogen-bond acceptors (Lipinski definition) is 7. The molecule has 2 heterocycles. The highest BCUT2D eigenvalue weighted by molar-refractivity contribution is 5.92. The third-order valence-electron chi connectivity index (χ3n) is 4.68. The molecule has 25 heavy (non-hydrogen) atoms. The summed E-state index contributed by atoms with van der Waals surface area (Å²) in [6.07, 6.45) is -0.547. The lowest BCUT2D eigenvalue weighted by atomic mass is 9.68. The van der Waals surface area contributed by atoms with Crippen molar-refractivity contribution in [1.82, 2.24) is 10.2 Å². The molecule has 0 saturated carbocycles. The van der Waals surface area contributed by atoms with E-state index in [4.69, 9.17) is 14.2 Å². The number of nitrogens with zero attached hydrogens (tertiary/aromatic N) is 1. The Hall–Kier alpha value is -1.83. The van der Waals surface area contributed by atoms with Gasteiger partial charge in [-0.1, -0.05) is 0 Å². The number of carbonyl (C=O) groups is 3. The monoisotopic (exact) mass is 356 g/mol. The van der Waals surface area contributed by atoms with E-state index in [1.54, 1.807) is 34.6 Å². The summed E-state index contributed by atoms with van der Waals surface area (Å²) in [5, 5.41) is 3.11. The van der Waals surface area contributed by atoms with Crippen molar-refractivity contribution in [2.75, 3.05) is 39.4 Å². The second kappa shape index (κ2) is 6.82. The zero-order chi connectivity index (χ0) is 18.9. The molecule has 1 amide bonds. The lowest BCUT2D eigenvalue weighted by Gasteiger charge is -2.33. The van der Waals surface area contributed by atoms with Crippen molar-refractivity contribution < 1.29 is 28.6 Å². The maximum absolute atomic E-state index is 12.8. The Bertz CT molecular complexity index is 524. The zero-order valence-electron chi connectivity index (χ0n) is 15.6. The lowest BCUT2D eigenvalue weighted by molar-refractivity contribution is -0.171. The van der Waals surface area contributed by atoms with Gasteiger partial charge in [0, 0.05) is 26.2 Å². The Kier molecular flexibility index (Phi) is 5.32. The summed E-state index contributed by atoms with van der Waals surface area (Å²) in [6, 6.07) is 0. The molecule has 0 aromatic rings. The topological polar surface area (TPSA) is 94.2 Å². The van der Waals surface area contributed by atoms with E-state index in [1.165, 1.54) is 4.90 Å². The van der Waals surface area contributed by atoms with Gasteiger partial charge in [0.2, 0.25) is 0 Å². The van der Waals surface area contributed by atoms with Gasteiger partial charge in [-0.15, -0.1) is 0 Å². The molecule has 2 aliphatic heterocycles. The number of likely N-dealkylation sites (tertiary alicyclic amines) is 1. The lowest BCUT2D eigenvalue weighted by Crippen LogP contribution is -2.52. The van der Waals surface area contributed by atoms with Crippen LogP contribution in [0.2, 0.25) is 0 Å². The van der Waals surface area contributed by atoms with Crippen molar-refractivity contribution in [1.29, 1.82) is 0 Å². The first kappa shape index (κ1) is 19.5. The summed E-state index contributed by atoms with van der Waals surface area (Å²) in [7, 11) is 0. The van der Waals surface area contributed by atoms with Crippen LogP contribution in [-0.4, -0.2) is 67.9 Å². The Morgan fingerprint density at radius 3 is 1.76 bits per heavy atom. The van der Waals surface area contributed by atoms with Gasteiger partial charge in [0.25, 0.3) is 0 Å². The quantitative estimate of drug-likeness (QED) is 0.592. The van der Waals surface area contributed by atoms with E-state index < -0.39 is 34.5 Å². The van der Waals surface area contributed by atoms with E-state index in [0.717, 1.165) is 0 Å². The second-order valence-electron chi connectivity index (χ2n) is 7.55. The number of ether oxygens (including phenoxy) is 3. The summed E-state index contributed by atoms with van der Waals surface area (Å²) in [5.41, 5.74) is -2.99. The molecule has 0 aromatic heterocycles. The number of fused-ring (bicyclic) bond motifs is 1. The fraction of sp³-hybridized carbons (Fsp3) is 0.824. The standard InChI is InChI=1S/C17H28N2O6/c1-6-23-12(20)16-8-18-9-17(16,13(21)24-7-2)11-19(10-16)14(22)25-15(3,4)5/h18H,6-11H2,1-5H3/t16-,17+. The largest absolute Gasteiger partial charge is 0.465 e. The molecule has 8 nitrogen and oxygen atoms in total. The summed E-state index contributed by atoms with van der Waals surface area (Å²) >= 11 is 0. The van der Waals surface area contributed by atoms with Crippen molar-refractivity contribution in [3.8, 4) is 0 Å². The normalized spacial score (nSPS) is 28.4. The van der Waals surface area contributed by atoms with E-state index in [0.29, 0.717) is 0 Å². The molecule has 0 aromatic carbocycles. The molecule has 0 radical (unpaired) electrons. The third kappa shape index (κ3) is 3.31. The van der Waals surface area contributed by atoms with Crippen LogP contribution in [0.25, 0.3) is 0 Å². The Balaban J connectivity index is 2.37. The van der Waals surface area contributed by atoms with Crippen LogP contribution < -0.4 is 5.32 Å². The second-order valence-corrected chi connectivity index (χ2v) is 7.55. The maximum atomic E-state index is 12.8. The van der Waals surface area contributed by atoms with Gasteiger partial charge in [-0.2, -0.15) is 0 Å². The van der Waals surface area contributed by atoms with Gasteiger partial charge in [-0.3, -0.25) is 9.59 Å². The predicted molar refractivity (Wildman–Crippen MR) is 88.8 cm³/mol. The van der Waals surface area contributed by atoms with Crippen LogP contribution in [0, 0.1) is 10.8 Å². The van der Waals surface area contributed by atoms with Crippen LogP contribution in [0.3, 0.4) is 0 Å². The van der Waals surface area contributed by atoms with Crippen LogP contribution in [0.15, 0.2) is 0 Å². The van der Waals surface area contributed by atoms with Crippen molar-refractivity contribution >= 4 is 18.0 Å². The first-order valence-corrected chi connectivity index (χ1v) is 8.65. The Labute approximate surface area is 148 Å². The minimum absolute atomic E-state index is 0.0621. The number of hydrogen-bond donors (Lipinski definition) is 1. The van der Waals surface area contributed by atoms with Crippen LogP contribution in [-0.2, 0) is 23.8 Å². The molecule has 8 heteroatoms. The number of esters is 2. The molecular weight excluding hydrogens is 328 g/mol. The fourth-order valence-corrected chi connectivity index (χ4v) is 3.61. The number of nitrogens with one attached hydrogen (secondary N) is 1. The van der Waals surface area contributed by atoms with Crippen molar-refractivity contribution in [3.05, 3.63) is 0 Å². The van der Waals surface area contributed by atoms with Crippen LogP contribution >= 0.6 is 0 Å². The van der Waals surface area contributed by atoms with Crippen LogP contribution in [0.5, 0.6) is 0 Å². The molecule has 0 spiro atoms. The summed E-state index contributed by atoms with van der Waals surface area (Å²) in [5.74, 6) is -0.974. The fourth-order valence-electron chi connectivity index (χ4n) is 3.61. The summed E-state index contributed by atoms with van der Waals surface area (Å²) < 4.78 is 15.9. The summed E-state index contributed by atoms with van der Waals surface area (Å²) in [4.78, 5) is 39.5. The molecule has 1 N–H and O–H groups in total. The molecular formula is C17H28N2O6. The average molecular weight is 356 g/mol. The zero-order valence-corrected chi connectivity index (χ0v) is 15.6. The van der Waals surface area contributed by atoms with Crippen LogP contribution in [0.4, 0.5) is 4.79 Å². The molecule has 0 aliphatic carbocycles. The molecule has 142 valence electrons. The molecule has 0 bridgehead atoms. The van der Waals surface area contributed by atoms with Gasteiger partial charge >= 0.3 is 18.0 Å². The van der Waals surface area contributed by atoms with E-state index in [-0.39, 0.29) is 39.4 Å². The van der Waals surface area contributed by atoms with Crippen molar-refractivity contribution in [3.63, 3.8) is 0 Å². The van der Waals surface area contributed by atoms with Gasteiger partial charge < -0.3 is 24.4 Å². The summed E-state index contributed by atoms with van der Waals surface area (Å²) in [6.45, 7) is 9.76. The average Bonchev–Trinajstić information content (AvgIpc) is 3.00. The van der Waals surface area contributed by atoms with Gasteiger partial charge in [0.15, 0.2) is 0 Å². The van der Waals surface area contributed by atoms with Crippen LogP contribution in [0.1, 0.15) is 34.6 Å². The molecule has 2 saturated heterocycles. The Morgan fingerprint density at radius 2 is 1.40 bits per heavy atom. The minimum Gasteiger partial charge on any atom is -0.465 e. The van der Waals surface area contributed by atoms with Crippen molar-refractivity contribution in [2.24, 2.45) is 10.8 Å². The van der Waals surface area contributed by atoms with Gasteiger partial charge in [0.05, 0.1) is 13.2 Å². The highest BCUT2D eigenvalue weighted by atomic mass is 16.6. The van der Waals surface area contributed by atoms with E-state index >= 15 is 0 Å². The van der Waals surface area contributed by atoms with Crippen molar-refractivity contribution in [2.45, 2.75) is 40.2 Å². The predicted octanol–water partition coefficient (Wildman–Crippen LogP) is 0.939. The smallest absolute Gasteiger partial charge is 0.410 e. The molecule has 2 rings (SSSR count).